The van der Waals surface area contributed by atoms with Gasteiger partial charge < -0.3 is 20.9 Å². The van der Waals surface area contributed by atoms with Crippen LogP contribution in [0.15, 0.2) is 97.3 Å². The summed E-state index contributed by atoms with van der Waals surface area (Å²) in [5, 5.41) is 9.80. The number of anilines is 2. The Balaban J connectivity index is 1.01. The highest BCUT2D eigenvalue weighted by Crippen LogP contribution is 2.49. The molecule has 7 nitrogen and oxygen atoms in total. The van der Waals surface area contributed by atoms with E-state index in [0.717, 1.165) is 48.4 Å². The van der Waals surface area contributed by atoms with E-state index < -0.39 is 0 Å². The van der Waals surface area contributed by atoms with Crippen molar-refractivity contribution in [2.75, 3.05) is 24.2 Å². The molecule has 0 saturated heterocycles. The Labute approximate surface area is 252 Å². The molecule has 3 unspecified atom stereocenters. The second-order valence-electron chi connectivity index (χ2n) is 11.9. The fraction of sp³-hybridized carbons (Fsp3) is 0.250. The van der Waals surface area contributed by atoms with Gasteiger partial charge in [-0.2, -0.15) is 0 Å². The Morgan fingerprint density at radius 3 is 2.77 bits per heavy atom. The summed E-state index contributed by atoms with van der Waals surface area (Å²) in [4.78, 5) is 32.9. The second kappa shape index (κ2) is 11.5. The van der Waals surface area contributed by atoms with Crippen LogP contribution in [0.25, 0.3) is 0 Å². The zero-order chi connectivity index (χ0) is 29.3. The molecule has 3 aliphatic rings. The molecule has 3 heterocycles. The fourth-order valence-electron chi connectivity index (χ4n) is 6.71. The summed E-state index contributed by atoms with van der Waals surface area (Å²) in [6, 6.07) is 23.8. The lowest BCUT2D eigenvalue weighted by atomic mass is 9.77. The van der Waals surface area contributed by atoms with Crippen LogP contribution in [0.1, 0.15) is 66.9 Å². The molecule has 0 spiro atoms. The number of rotatable bonds is 6. The summed E-state index contributed by atoms with van der Waals surface area (Å²) in [5.74, 6) is 0.333. The largest absolute Gasteiger partial charge is 0.378 e. The van der Waals surface area contributed by atoms with Gasteiger partial charge in [-0.05, 0) is 102 Å². The molecule has 2 amide bonds. The molecular formula is C36H35N5O2. The van der Waals surface area contributed by atoms with Crippen molar-refractivity contribution in [3.8, 4) is 0 Å². The van der Waals surface area contributed by atoms with E-state index in [0.29, 0.717) is 23.6 Å². The van der Waals surface area contributed by atoms with Crippen LogP contribution in [0.3, 0.4) is 0 Å². The molecule has 4 aromatic rings. The van der Waals surface area contributed by atoms with Crippen molar-refractivity contribution in [2.45, 2.75) is 37.9 Å². The summed E-state index contributed by atoms with van der Waals surface area (Å²) >= 11 is 0. The molecule has 2 aliphatic heterocycles. The lowest BCUT2D eigenvalue weighted by Crippen LogP contribution is -2.30. The van der Waals surface area contributed by atoms with Crippen LogP contribution in [-0.4, -0.2) is 35.3 Å². The van der Waals surface area contributed by atoms with Crippen LogP contribution in [0, 0.1) is 5.92 Å². The number of nitrogens with one attached hydrogen (secondary N) is 3. The van der Waals surface area contributed by atoms with Gasteiger partial charge in [-0.15, -0.1) is 0 Å². The number of aromatic nitrogens is 1. The first-order valence-corrected chi connectivity index (χ1v) is 15.0. The number of hydrogen-bond donors (Lipinski definition) is 3. The molecule has 3 N–H and O–H groups in total. The molecule has 7 rings (SSSR count). The van der Waals surface area contributed by atoms with E-state index in [2.05, 4.69) is 63.2 Å². The standard InChI is InChI=1S/C36H35N5O2/c1-41-16-14-24-10-12-29(18-28(24)22-41)39-36(43)25-6-2-5-23(17-25)20-38-35(42)26-11-13-33-32(19-26)30-8-3-9-31(30)34(40-33)27-7-4-15-37-21-27/h2-8,10-13,15,17-19,21,30-31,34,40H,9,14,16,20,22H2,1H3,(H,38,42)(H,39,43). The van der Waals surface area contributed by atoms with Crippen LogP contribution in [0.2, 0.25) is 0 Å². The number of carbonyl (C=O) groups is 2. The van der Waals surface area contributed by atoms with Gasteiger partial charge in [-0.25, -0.2) is 0 Å². The average Bonchev–Trinajstić information content (AvgIpc) is 3.54. The van der Waals surface area contributed by atoms with E-state index in [1.807, 2.05) is 54.7 Å². The Bertz CT molecular complexity index is 1720. The van der Waals surface area contributed by atoms with Crippen molar-refractivity contribution in [3.63, 3.8) is 0 Å². The normalized spacial score (nSPS) is 20.3. The Hall–Kier alpha value is -4.75. The molecule has 1 aromatic heterocycles. The third kappa shape index (κ3) is 5.56. The summed E-state index contributed by atoms with van der Waals surface area (Å²) in [7, 11) is 2.11. The highest BCUT2D eigenvalue weighted by molar-refractivity contribution is 6.04. The van der Waals surface area contributed by atoms with E-state index in [-0.39, 0.29) is 23.8 Å². The number of amides is 2. The predicted octanol–water partition coefficient (Wildman–Crippen LogP) is 6.08. The first-order chi connectivity index (χ1) is 21.0. The predicted molar refractivity (Wildman–Crippen MR) is 169 cm³/mol. The molecule has 3 atom stereocenters. The van der Waals surface area contributed by atoms with E-state index >= 15 is 0 Å². The van der Waals surface area contributed by atoms with Gasteiger partial charge in [-0.1, -0.05) is 36.4 Å². The molecule has 0 fully saturated rings. The number of pyridine rings is 1. The molecular weight excluding hydrogens is 534 g/mol. The Morgan fingerprint density at radius 2 is 1.88 bits per heavy atom. The number of carbonyl (C=O) groups excluding carboxylic acids is 2. The van der Waals surface area contributed by atoms with Gasteiger partial charge in [0.1, 0.15) is 0 Å². The summed E-state index contributed by atoms with van der Waals surface area (Å²) < 4.78 is 0. The molecule has 7 heteroatoms. The topological polar surface area (TPSA) is 86.4 Å². The van der Waals surface area contributed by atoms with Crippen LogP contribution in [0.4, 0.5) is 11.4 Å². The summed E-state index contributed by atoms with van der Waals surface area (Å²) in [6.07, 6.45) is 10.3. The minimum Gasteiger partial charge on any atom is -0.378 e. The first kappa shape index (κ1) is 27.1. The zero-order valence-electron chi connectivity index (χ0n) is 24.2. The van der Waals surface area contributed by atoms with Crippen LogP contribution in [0.5, 0.6) is 0 Å². The molecule has 3 aromatic carbocycles. The van der Waals surface area contributed by atoms with Gasteiger partial charge in [-0.3, -0.25) is 14.6 Å². The molecule has 43 heavy (non-hydrogen) atoms. The number of hydrogen-bond acceptors (Lipinski definition) is 5. The van der Waals surface area contributed by atoms with Crippen LogP contribution < -0.4 is 16.0 Å². The van der Waals surface area contributed by atoms with E-state index in [1.54, 1.807) is 12.3 Å². The molecule has 0 saturated carbocycles. The maximum Gasteiger partial charge on any atom is 0.255 e. The minimum atomic E-state index is -0.164. The van der Waals surface area contributed by atoms with E-state index in [4.69, 9.17) is 0 Å². The fourth-order valence-corrected chi connectivity index (χ4v) is 6.71. The molecule has 1 aliphatic carbocycles. The molecule has 0 radical (unpaired) electrons. The number of likely N-dealkylation sites (N-methyl/N-ethyl adjacent to an activating group) is 1. The minimum absolute atomic E-state index is 0.135. The maximum atomic E-state index is 13.2. The van der Waals surface area contributed by atoms with Gasteiger partial charge in [0.25, 0.3) is 11.8 Å². The monoisotopic (exact) mass is 569 g/mol. The van der Waals surface area contributed by atoms with Crippen LogP contribution >= 0.6 is 0 Å². The van der Waals surface area contributed by atoms with Crippen LogP contribution in [-0.2, 0) is 19.5 Å². The van der Waals surface area contributed by atoms with Gasteiger partial charge >= 0.3 is 0 Å². The second-order valence-corrected chi connectivity index (χ2v) is 11.9. The number of nitrogens with zero attached hydrogens (tertiary/aromatic N) is 2. The van der Waals surface area contributed by atoms with Crippen molar-refractivity contribution < 1.29 is 9.59 Å². The van der Waals surface area contributed by atoms with Gasteiger partial charge in [0.2, 0.25) is 0 Å². The third-order valence-electron chi connectivity index (χ3n) is 8.98. The van der Waals surface area contributed by atoms with Crippen molar-refractivity contribution in [1.82, 2.24) is 15.2 Å². The molecule has 0 bridgehead atoms. The number of fused-ring (bicyclic) bond motifs is 4. The molecule has 216 valence electrons. The zero-order valence-corrected chi connectivity index (χ0v) is 24.2. The highest BCUT2D eigenvalue weighted by Gasteiger charge is 2.38. The smallest absolute Gasteiger partial charge is 0.255 e. The van der Waals surface area contributed by atoms with Crippen molar-refractivity contribution in [1.29, 1.82) is 0 Å². The van der Waals surface area contributed by atoms with Crippen molar-refractivity contribution in [3.05, 3.63) is 136 Å². The van der Waals surface area contributed by atoms with Gasteiger partial charge in [0.05, 0.1) is 6.04 Å². The van der Waals surface area contributed by atoms with Crippen molar-refractivity contribution in [2.24, 2.45) is 5.92 Å². The maximum absolute atomic E-state index is 13.2. The summed E-state index contributed by atoms with van der Waals surface area (Å²) in [5.41, 5.74) is 8.85. The quantitative estimate of drug-likeness (QED) is 0.245. The Morgan fingerprint density at radius 1 is 0.977 bits per heavy atom. The van der Waals surface area contributed by atoms with E-state index in [1.165, 1.54) is 16.7 Å². The Kier molecular flexibility index (Phi) is 7.25. The number of benzene rings is 3. The van der Waals surface area contributed by atoms with Crippen molar-refractivity contribution >= 4 is 23.2 Å². The lowest BCUT2D eigenvalue weighted by molar-refractivity contribution is 0.0950. The highest BCUT2D eigenvalue weighted by atomic mass is 16.2. The van der Waals surface area contributed by atoms with Gasteiger partial charge in [0.15, 0.2) is 0 Å². The average molecular weight is 570 g/mol. The summed E-state index contributed by atoms with van der Waals surface area (Å²) in [6.45, 7) is 2.27. The third-order valence-corrected chi connectivity index (χ3v) is 8.98. The number of allylic oxidation sites excluding steroid dienone is 2. The first-order valence-electron chi connectivity index (χ1n) is 15.0. The van der Waals surface area contributed by atoms with Gasteiger partial charge in [0, 0.05) is 60.4 Å². The van der Waals surface area contributed by atoms with E-state index in [9.17, 15) is 9.59 Å². The lowest BCUT2D eigenvalue weighted by Gasteiger charge is -2.37. The SMILES string of the molecule is CN1CCc2ccc(NC(=O)c3cccc(CNC(=O)c4ccc5c(c4)C4C=CCC4C(c4cccnc4)N5)c3)cc2C1.